The Kier molecular flexibility index (Phi) is 2.03. The van der Waals surface area contributed by atoms with Gasteiger partial charge in [0.25, 0.3) is 5.91 Å². The van der Waals surface area contributed by atoms with Crippen molar-refractivity contribution < 1.29 is 4.79 Å². The van der Waals surface area contributed by atoms with Gasteiger partial charge >= 0.3 is 0 Å². The molecule has 1 aliphatic rings. The molecule has 1 aromatic heterocycles. The van der Waals surface area contributed by atoms with E-state index < -0.39 is 5.91 Å². The number of aromatic nitrogens is 1. The average molecular weight is 206 g/mol. The molecule has 1 aliphatic carbocycles. The van der Waals surface area contributed by atoms with Crippen molar-refractivity contribution in [2.24, 2.45) is 5.73 Å². The number of rotatable bonds is 3. The molecule has 80 valence electrons. The molecule has 1 fully saturated rings. The van der Waals surface area contributed by atoms with E-state index >= 15 is 0 Å². The molecule has 0 atom stereocenters. The minimum atomic E-state index is -0.529. The summed E-state index contributed by atoms with van der Waals surface area (Å²) in [6.07, 6.45) is 3.68. The summed E-state index contributed by atoms with van der Waals surface area (Å²) in [5.41, 5.74) is 11.5. The smallest absolute Gasteiger partial charge is 0.250 e. The molecular weight excluding hydrogens is 192 g/mol. The third kappa shape index (κ3) is 2.01. The molecule has 0 aromatic carbocycles. The fourth-order valence-electron chi connectivity index (χ4n) is 1.37. The monoisotopic (exact) mass is 206 g/mol. The summed E-state index contributed by atoms with van der Waals surface area (Å²) in [5.74, 6) is 0.122. The highest BCUT2D eigenvalue weighted by Gasteiger charge is 2.37. The van der Waals surface area contributed by atoms with Crippen molar-refractivity contribution in [2.45, 2.75) is 25.3 Å². The van der Waals surface area contributed by atoms with Crippen LogP contribution in [0.1, 0.15) is 30.1 Å². The molecule has 2 rings (SSSR count). The van der Waals surface area contributed by atoms with Crippen LogP contribution in [0.25, 0.3) is 0 Å². The number of carbonyl (C=O) groups is 1. The standard InChI is InChI=1S/C10H14N4O/c1-10(2-3-10)14-8-4-6(9(12)15)7(11)5-13-8/h4-5H,2-3,11H2,1H3,(H2,12,15)(H,13,14). The zero-order chi connectivity index (χ0) is 11.1. The van der Waals surface area contributed by atoms with Crippen LogP contribution in [0, 0.1) is 0 Å². The minimum absolute atomic E-state index is 0.123. The van der Waals surface area contributed by atoms with Gasteiger partial charge in [-0.15, -0.1) is 0 Å². The highest BCUT2D eigenvalue weighted by atomic mass is 16.1. The summed E-state index contributed by atoms with van der Waals surface area (Å²) in [7, 11) is 0. The zero-order valence-corrected chi connectivity index (χ0v) is 8.58. The van der Waals surface area contributed by atoms with Crippen molar-refractivity contribution in [3.63, 3.8) is 0 Å². The molecule has 0 unspecified atom stereocenters. The molecule has 1 saturated carbocycles. The van der Waals surface area contributed by atoms with Crippen LogP contribution in [0.4, 0.5) is 11.5 Å². The van der Waals surface area contributed by atoms with Crippen molar-refractivity contribution in [1.82, 2.24) is 4.98 Å². The van der Waals surface area contributed by atoms with Gasteiger partial charge in [-0.3, -0.25) is 4.79 Å². The normalized spacial score (nSPS) is 17.1. The number of nitrogens with two attached hydrogens (primary N) is 2. The highest BCUT2D eigenvalue weighted by molar-refractivity contribution is 5.98. The number of anilines is 2. The Hall–Kier alpha value is -1.78. The van der Waals surface area contributed by atoms with Crippen LogP contribution >= 0.6 is 0 Å². The minimum Gasteiger partial charge on any atom is -0.397 e. The lowest BCUT2D eigenvalue weighted by molar-refractivity contribution is 0.100. The third-order valence-corrected chi connectivity index (χ3v) is 2.63. The summed E-state index contributed by atoms with van der Waals surface area (Å²) in [6, 6.07) is 1.60. The van der Waals surface area contributed by atoms with E-state index in [0.717, 1.165) is 12.8 Å². The van der Waals surface area contributed by atoms with Gasteiger partial charge in [0.05, 0.1) is 17.4 Å². The number of nitrogens with one attached hydrogen (secondary N) is 1. The van der Waals surface area contributed by atoms with Gasteiger partial charge in [-0.2, -0.15) is 0 Å². The summed E-state index contributed by atoms with van der Waals surface area (Å²) in [4.78, 5) is 15.1. The fourth-order valence-corrected chi connectivity index (χ4v) is 1.37. The molecular formula is C10H14N4O. The zero-order valence-electron chi connectivity index (χ0n) is 8.58. The van der Waals surface area contributed by atoms with E-state index in [2.05, 4.69) is 17.2 Å². The summed E-state index contributed by atoms with van der Waals surface area (Å²) >= 11 is 0. The van der Waals surface area contributed by atoms with Gasteiger partial charge in [0.2, 0.25) is 0 Å². The van der Waals surface area contributed by atoms with E-state index in [-0.39, 0.29) is 5.54 Å². The maximum atomic E-state index is 11.0. The topological polar surface area (TPSA) is 94.0 Å². The molecule has 1 heterocycles. The predicted octanol–water partition coefficient (Wildman–Crippen LogP) is 0.727. The first-order valence-corrected chi connectivity index (χ1v) is 4.84. The van der Waals surface area contributed by atoms with Crippen LogP contribution < -0.4 is 16.8 Å². The number of primary amides is 1. The van der Waals surface area contributed by atoms with E-state index in [9.17, 15) is 4.79 Å². The number of pyridine rings is 1. The van der Waals surface area contributed by atoms with Crippen LogP contribution in [-0.2, 0) is 0 Å². The first kappa shape index (κ1) is 9.76. The van der Waals surface area contributed by atoms with Gasteiger partial charge in [0, 0.05) is 5.54 Å². The number of hydrogen-bond donors (Lipinski definition) is 3. The number of hydrogen-bond acceptors (Lipinski definition) is 4. The Morgan fingerprint density at radius 1 is 1.60 bits per heavy atom. The fraction of sp³-hybridized carbons (Fsp3) is 0.400. The average Bonchev–Trinajstić information content (AvgIpc) is 2.87. The van der Waals surface area contributed by atoms with E-state index in [1.165, 1.54) is 6.20 Å². The molecule has 1 aromatic rings. The highest BCUT2D eigenvalue weighted by Crippen LogP contribution is 2.37. The lowest BCUT2D eigenvalue weighted by Crippen LogP contribution is -2.19. The number of nitrogens with zero attached hydrogens (tertiary/aromatic N) is 1. The van der Waals surface area contributed by atoms with Crippen molar-refractivity contribution >= 4 is 17.4 Å². The van der Waals surface area contributed by atoms with Gasteiger partial charge in [-0.05, 0) is 25.8 Å². The van der Waals surface area contributed by atoms with Gasteiger partial charge in [-0.1, -0.05) is 0 Å². The van der Waals surface area contributed by atoms with Gasteiger partial charge in [0.1, 0.15) is 5.82 Å². The van der Waals surface area contributed by atoms with Crippen LogP contribution in [0.5, 0.6) is 0 Å². The van der Waals surface area contributed by atoms with Crippen molar-refractivity contribution in [3.05, 3.63) is 17.8 Å². The Morgan fingerprint density at radius 3 is 2.80 bits per heavy atom. The predicted molar refractivity (Wildman–Crippen MR) is 58.4 cm³/mol. The molecule has 5 heteroatoms. The van der Waals surface area contributed by atoms with Gasteiger partial charge < -0.3 is 16.8 Å². The molecule has 0 saturated heterocycles. The molecule has 0 aliphatic heterocycles. The molecule has 15 heavy (non-hydrogen) atoms. The Labute approximate surface area is 87.9 Å². The van der Waals surface area contributed by atoms with E-state index in [1.54, 1.807) is 6.07 Å². The lowest BCUT2D eigenvalue weighted by Gasteiger charge is -2.13. The molecule has 1 amide bonds. The second kappa shape index (κ2) is 3.12. The number of amides is 1. The summed E-state index contributed by atoms with van der Waals surface area (Å²) in [5, 5.41) is 3.24. The molecule has 0 bridgehead atoms. The van der Waals surface area contributed by atoms with Crippen molar-refractivity contribution in [2.75, 3.05) is 11.1 Å². The van der Waals surface area contributed by atoms with Crippen molar-refractivity contribution in [3.8, 4) is 0 Å². The van der Waals surface area contributed by atoms with Crippen LogP contribution in [-0.4, -0.2) is 16.4 Å². The number of carbonyl (C=O) groups excluding carboxylic acids is 1. The maximum absolute atomic E-state index is 11.0. The quantitative estimate of drug-likeness (QED) is 0.679. The van der Waals surface area contributed by atoms with E-state index in [1.807, 2.05) is 0 Å². The molecule has 5 nitrogen and oxygen atoms in total. The first-order valence-electron chi connectivity index (χ1n) is 4.84. The second-order valence-corrected chi connectivity index (χ2v) is 4.21. The van der Waals surface area contributed by atoms with Crippen LogP contribution in [0.2, 0.25) is 0 Å². The molecule has 5 N–H and O–H groups in total. The Balaban J connectivity index is 2.26. The second-order valence-electron chi connectivity index (χ2n) is 4.21. The van der Waals surface area contributed by atoms with Crippen molar-refractivity contribution in [1.29, 1.82) is 0 Å². The Bertz CT molecular complexity index is 412. The third-order valence-electron chi connectivity index (χ3n) is 2.63. The molecule has 0 spiro atoms. The van der Waals surface area contributed by atoms with Crippen LogP contribution in [0.15, 0.2) is 12.3 Å². The number of nitrogen functional groups attached to an aromatic ring is 1. The van der Waals surface area contributed by atoms with Gasteiger partial charge in [-0.25, -0.2) is 4.98 Å². The summed E-state index contributed by atoms with van der Waals surface area (Å²) < 4.78 is 0. The van der Waals surface area contributed by atoms with E-state index in [4.69, 9.17) is 11.5 Å². The largest absolute Gasteiger partial charge is 0.397 e. The Morgan fingerprint density at radius 2 is 2.27 bits per heavy atom. The maximum Gasteiger partial charge on any atom is 0.250 e. The first-order chi connectivity index (χ1) is 7.00. The van der Waals surface area contributed by atoms with E-state index in [0.29, 0.717) is 17.1 Å². The SMILES string of the molecule is CC1(Nc2cc(C(N)=O)c(N)cn2)CC1. The molecule has 0 radical (unpaired) electrons. The van der Waals surface area contributed by atoms with Gasteiger partial charge in [0.15, 0.2) is 0 Å². The summed E-state index contributed by atoms with van der Waals surface area (Å²) in [6.45, 7) is 2.11. The lowest BCUT2D eigenvalue weighted by atomic mass is 10.2. The van der Waals surface area contributed by atoms with Crippen LogP contribution in [0.3, 0.4) is 0 Å².